The number of hydrogen-bond acceptors (Lipinski definition) is 3. The number of nitrogens with one attached hydrogen (secondary N) is 2. The van der Waals surface area contributed by atoms with Gasteiger partial charge in [0.1, 0.15) is 5.82 Å². The van der Waals surface area contributed by atoms with Gasteiger partial charge in [-0.1, -0.05) is 6.92 Å². The number of ether oxygens (including phenoxy) is 1. The van der Waals surface area contributed by atoms with Crippen molar-refractivity contribution in [3.63, 3.8) is 0 Å². The van der Waals surface area contributed by atoms with Gasteiger partial charge in [0.15, 0.2) is 0 Å². The Labute approximate surface area is 102 Å². The van der Waals surface area contributed by atoms with Crippen LogP contribution in [0.25, 0.3) is 0 Å². The summed E-state index contributed by atoms with van der Waals surface area (Å²) in [5.74, 6) is 0.845. The van der Waals surface area contributed by atoms with Gasteiger partial charge < -0.3 is 15.0 Å². The van der Waals surface area contributed by atoms with Gasteiger partial charge in [0.2, 0.25) is 5.91 Å². The van der Waals surface area contributed by atoms with Gasteiger partial charge in [0.05, 0.1) is 12.1 Å². The van der Waals surface area contributed by atoms with Gasteiger partial charge in [-0.15, -0.1) is 0 Å². The highest BCUT2D eigenvalue weighted by molar-refractivity contribution is 5.76. The summed E-state index contributed by atoms with van der Waals surface area (Å²) < 4.78 is 5.11. The monoisotopic (exact) mass is 239 g/mol. The predicted molar refractivity (Wildman–Crippen MR) is 65.5 cm³/mol. The number of carbonyl (C=O) groups is 1. The fourth-order valence-corrected chi connectivity index (χ4v) is 1.55. The van der Waals surface area contributed by atoms with E-state index in [1.807, 2.05) is 13.8 Å². The maximum absolute atomic E-state index is 11.7. The van der Waals surface area contributed by atoms with E-state index < -0.39 is 0 Å². The molecule has 0 aromatic carbocycles. The Morgan fingerprint density at radius 3 is 2.94 bits per heavy atom. The Bertz CT molecular complexity index is 325. The second-order valence-corrected chi connectivity index (χ2v) is 4.09. The fraction of sp³-hybridized carbons (Fsp3) is 0.667. The van der Waals surface area contributed by atoms with E-state index in [1.54, 1.807) is 19.5 Å². The molecule has 0 saturated heterocycles. The summed E-state index contributed by atoms with van der Waals surface area (Å²) in [5.41, 5.74) is 0. The first-order valence-electron chi connectivity index (χ1n) is 5.98. The summed E-state index contributed by atoms with van der Waals surface area (Å²) in [7, 11) is 1.65. The van der Waals surface area contributed by atoms with Crippen LogP contribution >= 0.6 is 0 Å². The molecule has 1 aromatic rings. The molecule has 5 heteroatoms. The molecule has 0 saturated carbocycles. The van der Waals surface area contributed by atoms with Crippen LogP contribution in [0.5, 0.6) is 0 Å². The minimum atomic E-state index is -0.0321. The second-order valence-electron chi connectivity index (χ2n) is 4.09. The van der Waals surface area contributed by atoms with Crippen LogP contribution in [0.2, 0.25) is 0 Å². The van der Waals surface area contributed by atoms with Crippen LogP contribution in [-0.2, 0) is 9.53 Å². The first kappa shape index (κ1) is 13.7. The molecule has 1 amide bonds. The van der Waals surface area contributed by atoms with E-state index in [2.05, 4.69) is 15.3 Å². The van der Waals surface area contributed by atoms with Crippen molar-refractivity contribution < 1.29 is 9.53 Å². The van der Waals surface area contributed by atoms with Crippen molar-refractivity contribution in [2.45, 2.75) is 45.3 Å². The van der Waals surface area contributed by atoms with Crippen LogP contribution in [0, 0.1) is 0 Å². The maximum Gasteiger partial charge on any atom is 0.220 e. The van der Waals surface area contributed by atoms with E-state index in [9.17, 15) is 4.79 Å². The number of amides is 1. The number of aromatic nitrogens is 2. The molecule has 0 fully saturated rings. The summed E-state index contributed by atoms with van der Waals surface area (Å²) >= 11 is 0. The summed E-state index contributed by atoms with van der Waals surface area (Å²) in [6.07, 6.45) is 5.60. The summed E-state index contributed by atoms with van der Waals surface area (Å²) in [6, 6.07) is -0.0321. The summed E-state index contributed by atoms with van der Waals surface area (Å²) in [6.45, 7) is 3.97. The third-order valence-electron chi connectivity index (χ3n) is 2.77. The lowest BCUT2D eigenvalue weighted by Gasteiger charge is -2.15. The predicted octanol–water partition coefficient (Wildman–Crippen LogP) is 1.79. The molecule has 5 nitrogen and oxygen atoms in total. The van der Waals surface area contributed by atoms with Crippen molar-refractivity contribution in [3.8, 4) is 0 Å². The standard InChI is InChI=1S/C12H21N3O2/c1-4-10(12-13-7-8-14-12)15-11(16)6-5-9(2)17-3/h7-10H,4-6H2,1-3H3,(H,13,14)(H,15,16). The van der Waals surface area contributed by atoms with E-state index in [1.165, 1.54) is 0 Å². The van der Waals surface area contributed by atoms with Gasteiger partial charge in [0.25, 0.3) is 0 Å². The SMILES string of the molecule is CCC(NC(=O)CCC(C)OC)c1ncc[nH]1. The van der Waals surface area contributed by atoms with Crippen molar-refractivity contribution in [1.82, 2.24) is 15.3 Å². The maximum atomic E-state index is 11.7. The fourth-order valence-electron chi connectivity index (χ4n) is 1.55. The lowest BCUT2D eigenvalue weighted by molar-refractivity contribution is -0.122. The van der Waals surface area contributed by atoms with Crippen molar-refractivity contribution in [2.75, 3.05) is 7.11 Å². The average Bonchev–Trinajstić information content (AvgIpc) is 2.86. The van der Waals surface area contributed by atoms with Gasteiger partial charge in [-0.2, -0.15) is 0 Å². The lowest BCUT2D eigenvalue weighted by Crippen LogP contribution is -2.29. The number of hydrogen-bond donors (Lipinski definition) is 2. The third kappa shape index (κ3) is 4.56. The largest absolute Gasteiger partial charge is 0.382 e. The Morgan fingerprint density at radius 2 is 2.41 bits per heavy atom. The molecule has 1 rings (SSSR count). The molecular formula is C12H21N3O2. The van der Waals surface area contributed by atoms with E-state index in [-0.39, 0.29) is 18.1 Å². The molecule has 17 heavy (non-hydrogen) atoms. The zero-order chi connectivity index (χ0) is 12.7. The zero-order valence-electron chi connectivity index (χ0n) is 10.7. The molecule has 0 aliphatic rings. The number of rotatable bonds is 7. The van der Waals surface area contributed by atoms with Gasteiger partial charge in [-0.25, -0.2) is 4.98 Å². The third-order valence-corrected chi connectivity index (χ3v) is 2.77. The van der Waals surface area contributed by atoms with Crippen molar-refractivity contribution in [3.05, 3.63) is 18.2 Å². The van der Waals surface area contributed by atoms with Gasteiger partial charge in [0, 0.05) is 25.9 Å². The van der Waals surface area contributed by atoms with Gasteiger partial charge in [-0.05, 0) is 19.8 Å². The number of methoxy groups -OCH3 is 1. The van der Waals surface area contributed by atoms with Crippen molar-refractivity contribution in [2.24, 2.45) is 0 Å². The topological polar surface area (TPSA) is 67.0 Å². The minimum Gasteiger partial charge on any atom is -0.382 e. The van der Waals surface area contributed by atoms with Crippen LogP contribution in [0.4, 0.5) is 0 Å². The molecule has 1 heterocycles. The highest BCUT2D eigenvalue weighted by Crippen LogP contribution is 2.12. The summed E-state index contributed by atoms with van der Waals surface area (Å²) in [5, 5.41) is 2.96. The second kappa shape index (κ2) is 7.06. The normalized spacial score (nSPS) is 14.3. The van der Waals surface area contributed by atoms with E-state index in [0.717, 1.165) is 18.7 Å². The van der Waals surface area contributed by atoms with Crippen LogP contribution in [-0.4, -0.2) is 29.1 Å². The quantitative estimate of drug-likeness (QED) is 0.762. The molecule has 2 N–H and O–H groups in total. The van der Waals surface area contributed by atoms with E-state index >= 15 is 0 Å². The highest BCUT2D eigenvalue weighted by Gasteiger charge is 2.14. The Hall–Kier alpha value is -1.36. The highest BCUT2D eigenvalue weighted by atomic mass is 16.5. The Balaban J connectivity index is 2.38. The Morgan fingerprint density at radius 1 is 1.65 bits per heavy atom. The number of imidazole rings is 1. The van der Waals surface area contributed by atoms with Gasteiger partial charge >= 0.3 is 0 Å². The molecule has 2 atom stereocenters. The summed E-state index contributed by atoms with van der Waals surface area (Å²) in [4.78, 5) is 18.9. The average molecular weight is 239 g/mol. The van der Waals surface area contributed by atoms with Crippen LogP contribution in [0.1, 0.15) is 45.0 Å². The Kier molecular flexibility index (Phi) is 5.69. The minimum absolute atomic E-state index is 0.0321. The number of aromatic amines is 1. The van der Waals surface area contributed by atoms with Crippen LogP contribution < -0.4 is 5.32 Å². The number of H-pyrrole nitrogens is 1. The first-order chi connectivity index (χ1) is 8.17. The molecule has 1 aromatic heterocycles. The van der Waals surface area contributed by atoms with Crippen molar-refractivity contribution >= 4 is 5.91 Å². The molecule has 0 bridgehead atoms. The molecule has 0 spiro atoms. The first-order valence-corrected chi connectivity index (χ1v) is 5.98. The molecule has 0 aliphatic heterocycles. The van der Waals surface area contributed by atoms with Gasteiger partial charge in [-0.3, -0.25) is 4.79 Å². The van der Waals surface area contributed by atoms with E-state index in [0.29, 0.717) is 6.42 Å². The van der Waals surface area contributed by atoms with Crippen LogP contribution in [0.3, 0.4) is 0 Å². The molecular weight excluding hydrogens is 218 g/mol. The molecule has 0 radical (unpaired) electrons. The zero-order valence-corrected chi connectivity index (χ0v) is 10.7. The van der Waals surface area contributed by atoms with Crippen LogP contribution in [0.15, 0.2) is 12.4 Å². The number of carbonyl (C=O) groups excluding carboxylic acids is 1. The molecule has 0 aliphatic carbocycles. The molecule has 2 unspecified atom stereocenters. The number of nitrogens with zero attached hydrogens (tertiary/aromatic N) is 1. The van der Waals surface area contributed by atoms with E-state index in [4.69, 9.17) is 4.74 Å². The lowest BCUT2D eigenvalue weighted by atomic mass is 10.1. The smallest absolute Gasteiger partial charge is 0.220 e. The molecule has 96 valence electrons. The van der Waals surface area contributed by atoms with Crippen molar-refractivity contribution in [1.29, 1.82) is 0 Å².